The van der Waals surface area contributed by atoms with Gasteiger partial charge in [-0.25, -0.2) is 4.79 Å². The van der Waals surface area contributed by atoms with Gasteiger partial charge in [0.2, 0.25) is 0 Å². The van der Waals surface area contributed by atoms with Crippen LogP contribution in [0.2, 0.25) is 15.1 Å². The van der Waals surface area contributed by atoms with E-state index in [4.69, 9.17) is 39.5 Å². The third kappa shape index (κ3) is 5.30. The van der Waals surface area contributed by atoms with Crippen molar-refractivity contribution in [2.24, 2.45) is 7.05 Å². The molecule has 10 heteroatoms. The maximum absolute atomic E-state index is 13.2. The average molecular weight is 560 g/mol. The number of hydrogen-bond acceptors (Lipinski definition) is 4. The summed E-state index contributed by atoms with van der Waals surface area (Å²) in [5, 5.41) is 13.6. The highest BCUT2D eigenvalue weighted by molar-refractivity contribution is 6.39. The zero-order valence-electron chi connectivity index (χ0n) is 19.7. The molecule has 0 aliphatic carbocycles. The molecule has 0 unspecified atom stereocenters. The number of rotatable bonds is 7. The Bertz CT molecular complexity index is 1560. The number of pyridine rings is 1. The van der Waals surface area contributed by atoms with Gasteiger partial charge in [0.25, 0.3) is 11.5 Å². The maximum atomic E-state index is 13.2. The number of benzene rings is 3. The molecule has 0 aliphatic rings. The van der Waals surface area contributed by atoms with Gasteiger partial charge >= 0.3 is 5.97 Å². The molecule has 0 saturated carbocycles. The van der Waals surface area contributed by atoms with Gasteiger partial charge in [-0.1, -0.05) is 65.1 Å². The Balaban J connectivity index is 1.65. The molecule has 0 radical (unpaired) electrons. The molecule has 1 amide bonds. The predicted molar refractivity (Wildman–Crippen MR) is 145 cm³/mol. The first-order valence-electron chi connectivity index (χ1n) is 11.1. The Labute approximate surface area is 227 Å². The van der Waals surface area contributed by atoms with Gasteiger partial charge in [-0.3, -0.25) is 9.59 Å². The molecule has 0 aliphatic heterocycles. The molecule has 1 aromatic heterocycles. The quantitative estimate of drug-likeness (QED) is 0.307. The minimum absolute atomic E-state index is 0.00628. The molecule has 0 spiro atoms. The monoisotopic (exact) mass is 558 g/mol. The van der Waals surface area contributed by atoms with E-state index in [1.54, 1.807) is 55.6 Å². The van der Waals surface area contributed by atoms with Crippen LogP contribution >= 0.6 is 34.8 Å². The minimum atomic E-state index is -1.24. The van der Waals surface area contributed by atoms with E-state index in [1.807, 2.05) is 0 Å². The number of carboxylic acids is 1. The van der Waals surface area contributed by atoms with Crippen molar-refractivity contribution in [2.45, 2.75) is 12.5 Å². The summed E-state index contributed by atoms with van der Waals surface area (Å²) in [7, 11) is 3.15. The Hall–Kier alpha value is -3.52. The van der Waals surface area contributed by atoms with E-state index in [2.05, 4.69) is 5.32 Å². The molecule has 4 rings (SSSR count). The molecule has 2 N–H and O–H groups in total. The summed E-state index contributed by atoms with van der Waals surface area (Å²) in [6, 6.07) is 15.3. The van der Waals surface area contributed by atoms with Crippen LogP contribution in [0.5, 0.6) is 5.75 Å². The van der Waals surface area contributed by atoms with Crippen molar-refractivity contribution in [1.29, 1.82) is 0 Å². The Morgan fingerprint density at radius 1 is 1.03 bits per heavy atom. The highest BCUT2D eigenvalue weighted by Gasteiger charge is 2.24. The molecule has 0 saturated heterocycles. The van der Waals surface area contributed by atoms with E-state index in [0.717, 1.165) is 0 Å². The number of ether oxygens (including phenoxy) is 1. The summed E-state index contributed by atoms with van der Waals surface area (Å²) < 4.78 is 7.14. The van der Waals surface area contributed by atoms with Crippen LogP contribution in [-0.4, -0.2) is 34.7 Å². The lowest BCUT2D eigenvalue weighted by Gasteiger charge is -2.17. The van der Waals surface area contributed by atoms with Gasteiger partial charge in [-0.15, -0.1) is 0 Å². The number of methoxy groups -OCH3 is 1. The van der Waals surface area contributed by atoms with E-state index in [9.17, 15) is 19.5 Å². The second kappa shape index (κ2) is 10.8. The second-order valence-corrected chi connectivity index (χ2v) is 9.55. The number of aromatic nitrogens is 1. The maximum Gasteiger partial charge on any atom is 0.326 e. The summed E-state index contributed by atoms with van der Waals surface area (Å²) in [5.41, 5.74) is 1.98. The third-order valence-corrected chi connectivity index (χ3v) is 6.85. The number of hydrogen-bond donors (Lipinski definition) is 2. The number of aliphatic carboxylic acids is 1. The summed E-state index contributed by atoms with van der Waals surface area (Å²) in [4.78, 5) is 37.8. The van der Waals surface area contributed by atoms with Crippen molar-refractivity contribution in [3.05, 3.63) is 97.2 Å². The number of nitrogens with zero attached hydrogens (tertiary/aromatic N) is 1. The first kappa shape index (κ1) is 26.5. The third-order valence-electron chi connectivity index (χ3n) is 5.99. The summed E-state index contributed by atoms with van der Waals surface area (Å²) in [6.07, 6.45) is -0.00804. The van der Waals surface area contributed by atoms with E-state index in [-0.39, 0.29) is 27.6 Å². The zero-order valence-corrected chi connectivity index (χ0v) is 22.0. The highest BCUT2D eigenvalue weighted by atomic mass is 35.5. The van der Waals surface area contributed by atoms with Gasteiger partial charge in [-0.05, 0) is 41.5 Å². The van der Waals surface area contributed by atoms with Crippen LogP contribution in [-0.2, 0) is 18.3 Å². The Morgan fingerprint density at radius 2 is 1.68 bits per heavy atom. The Morgan fingerprint density at radius 3 is 2.27 bits per heavy atom. The molecule has 37 heavy (non-hydrogen) atoms. The molecular formula is C27H21Cl3N2O5. The van der Waals surface area contributed by atoms with E-state index >= 15 is 0 Å². The standard InChI is InChI=1S/C27H21Cl3N2O5/c1-32-21-11-10-16(28)13-17(21)24(37-2)22(26(32)34)15-8-6-14(7-9-15)12-20(27(35)36)31-25(33)23-18(29)4-3-5-19(23)30/h3-11,13,20H,12H2,1-2H3,(H,31,33)(H,35,36)/t20-/m0/s1. The normalized spacial score (nSPS) is 11.8. The molecule has 1 atom stereocenters. The number of carbonyl (C=O) groups excluding carboxylic acids is 1. The molecule has 7 nitrogen and oxygen atoms in total. The van der Waals surface area contributed by atoms with Gasteiger partial charge < -0.3 is 19.7 Å². The zero-order chi connectivity index (χ0) is 26.9. The largest absolute Gasteiger partial charge is 0.495 e. The van der Waals surface area contributed by atoms with Crippen molar-refractivity contribution in [1.82, 2.24) is 9.88 Å². The molecule has 0 bridgehead atoms. The molecular weight excluding hydrogens is 539 g/mol. The number of carbonyl (C=O) groups is 2. The van der Waals surface area contributed by atoms with Crippen LogP contribution in [0.3, 0.4) is 0 Å². The molecule has 1 heterocycles. The first-order valence-corrected chi connectivity index (χ1v) is 12.2. The first-order chi connectivity index (χ1) is 17.6. The number of amides is 1. The molecule has 190 valence electrons. The van der Waals surface area contributed by atoms with Crippen LogP contribution in [0.4, 0.5) is 0 Å². The van der Waals surface area contributed by atoms with Gasteiger partial charge in [0.05, 0.1) is 33.8 Å². The van der Waals surface area contributed by atoms with Gasteiger partial charge in [0.1, 0.15) is 11.8 Å². The van der Waals surface area contributed by atoms with Gasteiger partial charge in [0.15, 0.2) is 0 Å². The number of aryl methyl sites for hydroxylation is 1. The van der Waals surface area contributed by atoms with Crippen molar-refractivity contribution in [2.75, 3.05) is 7.11 Å². The number of nitrogens with one attached hydrogen (secondary N) is 1. The number of carboxylic acid groups (broad SMARTS) is 1. The van der Waals surface area contributed by atoms with Crippen LogP contribution < -0.4 is 15.6 Å². The van der Waals surface area contributed by atoms with Crippen LogP contribution in [0.1, 0.15) is 15.9 Å². The fraction of sp³-hybridized carbons (Fsp3) is 0.148. The van der Waals surface area contributed by atoms with E-state index in [0.29, 0.717) is 38.4 Å². The van der Waals surface area contributed by atoms with Crippen LogP contribution in [0.25, 0.3) is 22.0 Å². The Kier molecular flexibility index (Phi) is 7.78. The lowest BCUT2D eigenvalue weighted by atomic mass is 9.99. The topological polar surface area (TPSA) is 97.6 Å². The summed E-state index contributed by atoms with van der Waals surface area (Å²) in [6.45, 7) is 0. The minimum Gasteiger partial charge on any atom is -0.495 e. The van der Waals surface area contributed by atoms with Crippen molar-refractivity contribution in [3.63, 3.8) is 0 Å². The number of fused-ring (bicyclic) bond motifs is 1. The molecule has 0 fully saturated rings. The predicted octanol–water partition coefficient (Wildman–Crippen LogP) is 5.60. The van der Waals surface area contributed by atoms with Crippen molar-refractivity contribution in [3.8, 4) is 16.9 Å². The van der Waals surface area contributed by atoms with Crippen molar-refractivity contribution < 1.29 is 19.4 Å². The fourth-order valence-corrected chi connectivity index (χ4v) is 4.89. The van der Waals surface area contributed by atoms with Crippen LogP contribution in [0, 0.1) is 0 Å². The van der Waals surface area contributed by atoms with Gasteiger partial charge in [0, 0.05) is 23.9 Å². The summed E-state index contributed by atoms with van der Waals surface area (Å²) >= 11 is 18.3. The van der Waals surface area contributed by atoms with Crippen molar-refractivity contribution >= 4 is 57.6 Å². The summed E-state index contributed by atoms with van der Waals surface area (Å²) in [5.74, 6) is -1.52. The van der Waals surface area contributed by atoms with Crippen LogP contribution in [0.15, 0.2) is 65.5 Å². The average Bonchev–Trinajstić information content (AvgIpc) is 2.86. The SMILES string of the molecule is COc1c(-c2ccc(C[C@H](NC(=O)c3c(Cl)cccc3Cl)C(=O)O)cc2)c(=O)n(C)c2ccc(Cl)cc12. The second-order valence-electron chi connectivity index (χ2n) is 8.30. The lowest BCUT2D eigenvalue weighted by Crippen LogP contribution is -2.42. The lowest BCUT2D eigenvalue weighted by molar-refractivity contribution is -0.139. The van der Waals surface area contributed by atoms with E-state index in [1.165, 1.54) is 23.8 Å². The highest BCUT2D eigenvalue weighted by Crippen LogP contribution is 2.35. The smallest absolute Gasteiger partial charge is 0.326 e. The van der Waals surface area contributed by atoms with Gasteiger partial charge in [-0.2, -0.15) is 0 Å². The molecule has 3 aromatic carbocycles. The molecule has 4 aromatic rings. The number of halogens is 3. The fourth-order valence-electron chi connectivity index (χ4n) is 4.15. The van der Waals surface area contributed by atoms with E-state index < -0.39 is 17.9 Å².